The molecule has 4 saturated carbocycles. The molecule has 4 heteroatoms. The van der Waals surface area contributed by atoms with Crippen LogP contribution in [0.5, 0.6) is 0 Å². The average molecular weight is 336 g/mol. The second kappa shape index (κ2) is 5.05. The van der Waals surface area contributed by atoms with E-state index in [9.17, 15) is 20.1 Å². The molecule has 4 aliphatic rings. The smallest absolute Gasteiger partial charge is 0.128 e. The lowest BCUT2D eigenvalue weighted by Gasteiger charge is -2.65. The molecule has 0 heterocycles. The second-order valence-electron chi connectivity index (χ2n) is 9.84. The summed E-state index contributed by atoms with van der Waals surface area (Å²) in [5, 5.41) is 31.1. The summed E-state index contributed by atoms with van der Waals surface area (Å²) in [6.07, 6.45) is 7.87. The summed E-state index contributed by atoms with van der Waals surface area (Å²) in [4.78, 5) is 12.0. The molecule has 0 amide bonds. The molecule has 0 aromatic heterocycles. The van der Waals surface area contributed by atoms with Crippen LogP contribution in [-0.4, -0.2) is 39.9 Å². The molecule has 8 atom stereocenters. The number of fused-ring (bicyclic) bond motifs is 2. The van der Waals surface area contributed by atoms with E-state index >= 15 is 0 Å². The number of rotatable bonds is 2. The molecule has 0 saturated heterocycles. The Bertz CT molecular complexity index is 550. The Morgan fingerprint density at radius 3 is 2.50 bits per heavy atom. The first-order valence-corrected chi connectivity index (χ1v) is 9.73. The molecular formula is C20H32O4. The number of aliphatic hydroxyl groups is 3. The van der Waals surface area contributed by atoms with Crippen molar-refractivity contribution >= 4 is 6.29 Å². The highest BCUT2D eigenvalue weighted by Crippen LogP contribution is 2.75. The zero-order chi connectivity index (χ0) is 17.4. The van der Waals surface area contributed by atoms with Crippen molar-refractivity contribution in [3.63, 3.8) is 0 Å². The van der Waals surface area contributed by atoms with Gasteiger partial charge >= 0.3 is 0 Å². The van der Waals surface area contributed by atoms with Gasteiger partial charge in [0.25, 0.3) is 0 Å². The fourth-order valence-corrected chi connectivity index (χ4v) is 7.80. The quantitative estimate of drug-likeness (QED) is 0.676. The van der Waals surface area contributed by atoms with E-state index in [1.807, 2.05) is 6.92 Å². The van der Waals surface area contributed by atoms with Gasteiger partial charge in [0, 0.05) is 0 Å². The molecule has 0 aromatic rings. The summed E-state index contributed by atoms with van der Waals surface area (Å²) >= 11 is 0. The standard InChI is InChI=1S/C20H32O4/c1-17(11-21)15-4-3-13-9-14-10-19(13,7-8-20(14,24)12-22)18(15,2)6-5-16(17)23/h11,13-16,22-24H,3-10,12H2,1-2H3/t13-,14+,15-,16+,17-,18-,19-,20-/m0/s1. The van der Waals surface area contributed by atoms with Crippen molar-refractivity contribution < 1.29 is 20.1 Å². The third kappa shape index (κ3) is 1.78. The minimum absolute atomic E-state index is 0.0519. The summed E-state index contributed by atoms with van der Waals surface area (Å²) in [7, 11) is 0. The third-order valence-electron chi connectivity index (χ3n) is 9.37. The van der Waals surface area contributed by atoms with Gasteiger partial charge in [0.15, 0.2) is 0 Å². The van der Waals surface area contributed by atoms with E-state index in [0.717, 1.165) is 44.8 Å². The number of hydrogen-bond acceptors (Lipinski definition) is 4. The number of aliphatic hydroxyl groups excluding tert-OH is 2. The van der Waals surface area contributed by atoms with Crippen molar-refractivity contribution in [1.82, 2.24) is 0 Å². The molecule has 2 bridgehead atoms. The topological polar surface area (TPSA) is 77.8 Å². The average Bonchev–Trinajstić information content (AvgIpc) is 2.93. The van der Waals surface area contributed by atoms with Gasteiger partial charge in [-0.3, -0.25) is 0 Å². The van der Waals surface area contributed by atoms with E-state index in [1.54, 1.807) is 0 Å². The molecule has 0 unspecified atom stereocenters. The largest absolute Gasteiger partial charge is 0.393 e. The van der Waals surface area contributed by atoms with E-state index in [1.165, 1.54) is 0 Å². The van der Waals surface area contributed by atoms with Crippen molar-refractivity contribution in [1.29, 1.82) is 0 Å². The predicted octanol–water partition coefficient (Wildman–Crippen LogP) is 2.29. The summed E-state index contributed by atoms with van der Waals surface area (Å²) in [5.74, 6) is 1.00. The Hall–Kier alpha value is -0.450. The summed E-state index contributed by atoms with van der Waals surface area (Å²) < 4.78 is 0. The van der Waals surface area contributed by atoms with E-state index in [0.29, 0.717) is 18.8 Å². The van der Waals surface area contributed by atoms with Crippen molar-refractivity contribution in [3.05, 3.63) is 0 Å². The van der Waals surface area contributed by atoms with Gasteiger partial charge < -0.3 is 20.1 Å². The molecular weight excluding hydrogens is 304 g/mol. The van der Waals surface area contributed by atoms with E-state index in [2.05, 4.69) is 6.92 Å². The predicted molar refractivity (Wildman–Crippen MR) is 90.2 cm³/mol. The molecule has 4 aliphatic carbocycles. The molecule has 4 fully saturated rings. The van der Waals surface area contributed by atoms with E-state index < -0.39 is 17.1 Å². The van der Waals surface area contributed by atoms with Crippen LogP contribution in [0.3, 0.4) is 0 Å². The summed E-state index contributed by atoms with van der Waals surface area (Å²) in [6, 6.07) is 0. The molecule has 0 aliphatic heterocycles. The Morgan fingerprint density at radius 1 is 1.08 bits per heavy atom. The van der Waals surface area contributed by atoms with Crippen molar-refractivity contribution in [3.8, 4) is 0 Å². The SMILES string of the molecule is C[C@@]1(C=O)[C@H](O)CC[C@@]2(C)[C@H]1CC[C@H]1C[C@@H]3C[C@@]12CC[C@]3(O)CO. The third-order valence-corrected chi connectivity index (χ3v) is 9.37. The highest BCUT2D eigenvalue weighted by Gasteiger charge is 2.70. The van der Waals surface area contributed by atoms with Gasteiger partial charge in [-0.05, 0) is 80.0 Å². The van der Waals surface area contributed by atoms with Gasteiger partial charge in [-0.1, -0.05) is 13.8 Å². The second-order valence-corrected chi connectivity index (χ2v) is 9.84. The first kappa shape index (κ1) is 17.0. The molecule has 0 aromatic carbocycles. The number of carbonyl (C=O) groups is 1. The number of hydrogen-bond donors (Lipinski definition) is 3. The first-order valence-electron chi connectivity index (χ1n) is 9.73. The Balaban J connectivity index is 1.76. The first-order chi connectivity index (χ1) is 11.3. The molecule has 4 rings (SSSR count). The Labute approximate surface area is 144 Å². The van der Waals surface area contributed by atoms with Crippen LogP contribution in [0, 0.1) is 34.0 Å². The van der Waals surface area contributed by atoms with Crippen molar-refractivity contribution in [2.75, 3.05) is 6.61 Å². The maximum atomic E-state index is 12.0. The lowest BCUT2D eigenvalue weighted by atomic mass is 9.39. The van der Waals surface area contributed by atoms with Gasteiger partial charge in [0.2, 0.25) is 0 Å². The van der Waals surface area contributed by atoms with Gasteiger partial charge in [-0.2, -0.15) is 0 Å². The fourth-order valence-electron chi connectivity index (χ4n) is 7.80. The maximum Gasteiger partial charge on any atom is 0.128 e. The van der Waals surface area contributed by atoms with Crippen LogP contribution < -0.4 is 0 Å². The lowest BCUT2D eigenvalue weighted by molar-refractivity contribution is -0.202. The number of carbonyl (C=O) groups excluding carboxylic acids is 1. The minimum atomic E-state index is -0.906. The monoisotopic (exact) mass is 336 g/mol. The zero-order valence-electron chi connectivity index (χ0n) is 15.0. The van der Waals surface area contributed by atoms with Crippen molar-refractivity contribution in [2.24, 2.45) is 34.0 Å². The van der Waals surface area contributed by atoms with Crippen LogP contribution >= 0.6 is 0 Å². The normalized spacial score (nSPS) is 59.5. The maximum absolute atomic E-state index is 12.0. The molecule has 136 valence electrons. The highest BCUT2D eigenvalue weighted by molar-refractivity contribution is 5.61. The molecule has 24 heavy (non-hydrogen) atoms. The van der Waals surface area contributed by atoms with Gasteiger partial charge in [0.05, 0.1) is 23.7 Å². The lowest BCUT2D eigenvalue weighted by Crippen LogP contribution is -2.62. The van der Waals surface area contributed by atoms with Crippen LogP contribution in [0.25, 0.3) is 0 Å². The highest BCUT2D eigenvalue weighted by atomic mass is 16.3. The van der Waals surface area contributed by atoms with Gasteiger partial charge in [-0.15, -0.1) is 0 Å². The zero-order valence-corrected chi connectivity index (χ0v) is 15.0. The summed E-state index contributed by atoms with van der Waals surface area (Å²) in [6.45, 7) is 4.19. The van der Waals surface area contributed by atoms with Crippen molar-refractivity contribution in [2.45, 2.75) is 76.9 Å². The molecule has 4 nitrogen and oxygen atoms in total. The summed E-state index contributed by atoms with van der Waals surface area (Å²) in [5.41, 5.74) is -1.32. The van der Waals surface area contributed by atoms with Gasteiger partial charge in [0.1, 0.15) is 6.29 Å². The minimum Gasteiger partial charge on any atom is -0.393 e. The van der Waals surface area contributed by atoms with Crippen LogP contribution in [-0.2, 0) is 4.79 Å². The Kier molecular flexibility index (Phi) is 3.57. The number of aldehydes is 1. The van der Waals surface area contributed by atoms with Crippen LogP contribution in [0.2, 0.25) is 0 Å². The van der Waals surface area contributed by atoms with E-state index in [4.69, 9.17) is 0 Å². The van der Waals surface area contributed by atoms with Crippen LogP contribution in [0.1, 0.15) is 65.2 Å². The van der Waals surface area contributed by atoms with Crippen LogP contribution in [0.4, 0.5) is 0 Å². The Morgan fingerprint density at radius 2 is 1.83 bits per heavy atom. The van der Waals surface area contributed by atoms with Gasteiger partial charge in [-0.25, -0.2) is 0 Å². The molecule has 1 spiro atoms. The van der Waals surface area contributed by atoms with E-state index in [-0.39, 0.29) is 29.3 Å². The fraction of sp³-hybridized carbons (Fsp3) is 0.950. The molecule has 3 N–H and O–H groups in total. The van der Waals surface area contributed by atoms with Crippen LogP contribution in [0.15, 0.2) is 0 Å². The molecule has 0 radical (unpaired) electrons.